The molecule has 2 atom stereocenters. The Kier molecular flexibility index (Phi) is 6.50. The Balaban J connectivity index is 1.51. The van der Waals surface area contributed by atoms with Crippen LogP contribution in [0.3, 0.4) is 0 Å². The highest BCUT2D eigenvalue weighted by atomic mass is 32.2. The largest absolute Gasteiger partial charge is 0.376 e. The number of thioether (sulfide) groups is 1. The topological polar surface area (TPSA) is 71.0 Å². The summed E-state index contributed by atoms with van der Waals surface area (Å²) in [6.07, 6.45) is 2.07. The molecule has 0 radical (unpaired) electrons. The second-order valence-electron chi connectivity index (χ2n) is 7.49. The van der Waals surface area contributed by atoms with Gasteiger partial charge in [0.25, 0.3) is 0 Å². The molecular formula is C23H25N3O3S. The summed E-state index contributed by atoms with van der Waals surface area (Å²) in [7, 11) is 0. The zero-order valence-electron chi connectivity index (χ0n) is 16.9. The van der Waals surface area contributed by atoms with Crippen molar-refractivity contribution in [1.29, 1.82) is 0 Å². The lowest BCUT2D eigenvalue weighted by molar-refractivity contribution is -0.129. The fourth-order valence-electron chi connectivity index (χ4n) is 3.58. The number of aryl methyl sites for hydroxylation is 1. The van der Waals surface area contributed by atoms with Crippen LogP contribution in [0.2, 0.25) is 0 Å². The molecule has 6 nitrogen and oxygen atoms in total. The average molecular weight is 424 g/mol. The molecule has 0 aliphatic carbocycles. The zero-order valence-corrected chi connectivity index (χ0v) is 17.7. The van der Waals surface area contributed by atoms with Gasteiger partial charge in [0.2, 0.25) is 11.8 Å². The van der Waals surface area contributed by atoms with Gasteiger partial charge in [-0.15, -0.1) is 0 Å². The van der Waals surface area contributed by atoms with E-state index in [1.807, 2.05) is 61.5 Å². The summed E-state index contributed by atoms with van der Waals surface area (Å²) in [5, 5.41) is 3.02. The third-order valence-corrected chi connectivity index (χ3v) is 6.37. The van der Waals surface area contributed by atoms with E-state index in [-0.39, 0.29) is 24.3 Å². The highest BCUT2D eigenvalue weighted by Gasteiger charge is 2.40. The fraction of sp³-hybridized carbons (Fsp3) is 0.348. The highest BCUT2D eigenvalue weighted by molar-refractivity contribution is 8.15. The standard InChI is InChI=1S/C23H25N3O3S/c1-16-8-5-6-12-19(16)25-23-26(15-18-11-7-13-29-18)22(28)20(30-23)14-21(27)24-17-9-3-2-4-10-17/h2-6,8-10,12,18,20H,7,11,13-15H2,1H3,(H,24,27). The summed E-state index contributed by atoms with van der Waals surface area (Å²) in [5.41, 5.74) is 2.60. The lowest BCUT2D eigenvalue weighted by atomic mass is 10.2. The Hall–Kier alpha value is -2.64. The molecule has 0 bridgehead atoms. The molecule has 30 heavy (non-hydrogen) atoms. The monoisotopic (exact) mass is 423 g/mol. The molecule has 7 heteroatoms. The molecule has 2 saturated heterocycles. The molecule has 2 heterocycles. The van der Waals surface area contributed by atoms with Crippen molar-refractivity contribution in [2.75, 3.05) is 18.5 Å². The van der Waals surface area contributed by atoms with Crippen molar-refractivity contribution >= 4 is 40.1 Å². The molecule has 0 saturated carbocycles. The van der Waals surface area contributed by atoms with Gasteiger partial charge in [0.1, 0.15) is 5.25 Å². The van der Waals surface area contributed by atoms with E-state index in [2.05, 4.69) is 5.32 Å². The van der Waals surface area contributed by atoms with Crippen molar-refractivity contribution in [3.8, 4) is 0 Å². The molecule has 4 rings (SSSR count). The normalized spacial score (nSPS) is 22.6. The first-order valence-corrected chi connectivity index (χ1v) is 11.1. The maximum atomic E-state index is 13.2. The molecule has 1 N–H and O–H groups in total. The average Bonchev–Trinajstić information content (AvgIpc) is 3.35. The highest BCUT2D eigenvalue weighted by Crippen LogP contribution is 2.33. The third kappa shape index (κ3) is 4.91. The number of hydrogen-bond donors (Lipinski definition) is 1. The Morgan fingerprint density at radius 1 is 1.20 bits per heavy atom. The number of nitrogens with one attached hydrogen (secondary N) is 1. The zero-order chi connectivity index (χ0) is 20.9. The lowest BCUT2D eigenvalue weighted by Gasteiger charge is -2.20. The number of benzene rings is 2. The number of hydrogen-bond acceptors (Lipinski definition) is 5. The minimum atomic E-state index is -0.488. The van der Waals surface area contributed by atoms with E-state index in [1.165, 1.54) is 11.8 Å². The summed E-state index contributed by atoms with van der Waals surface area (Å²) < 4.78 is 5.74. The summed E-state index contributed by atoms with van der Waals surface area (Å²) in [5.74, 6) is -0.257. The van der Waals surface area contributed by atoms with E-state index in [0.717, 1.165) is 36.4 Å². The van der Waals surface area contributed by atoms with E-state index in [0.29, 0.717) is 11.7 Å². The molecule has 0 spiro atoms. The SMILES string of the molecule is Cc1ccccc1N=C1SC(CC(=O)Nc2ccccc2)C(=O)N1CC1CCCO1. The Labute approximate surface area is 180 Å². The minimum absolute atomic E-state index is 0.0218. The van der Waals surface area contributed by atoms with Crippen molar-refractivity contribution in [3.05, 3.63) is 60.2 Å². The maximum Gasteiger partial charge on any atom is 0.242 e. The number of aliphatic imine (C=N–C) groups is 1. The number of para-hydroxylation sites is 2. The number of carbonyl (C=O) groups is 2. The van der Waals surface area contributed by atoms with Gasteiger partial charge in [-0.1, -0.05) is 48.2 Å². The maximum absolute atomic E-state index is 13.2. The second kappa shape index (κ2) is 9.45. The molecule has 2 aliphatic heterocycles. The number of amidine groups is 1. The van der Waals surface area contributed by atoms with Crippen LogP contribution in [0.25, 0.3) is 0 Å². The smallest absolute Gasteiger partial charge is 0.242 e. The first-order chi connectivity index (χ1) is 14.6. The Morgan fingerprint density at radius 3 is 2.70 bits per heavy atom. The van der Waals surface area contributed by atoms with Crippen LogP contribution in [0.15, 0.2) is 59.6 Å². The van der Waals surface area contributed by atoms with Gasteiger partial charge < -0.3 is 10.1 Å². The fourth-order valence-corrected chi connectivity index (χ4v) is 4.74. The minimum Gasteiger partial charge on any atom is -0.376 e. The predicted molar refractivity (Wildman–Crippen MR) is 120 cm³/mol. The van der Waals surface area contributed by atoms with Gasteiger partial charge in [0.15, 0.2) is 5.17 Å². The van der Waals surface area contributed by atoms with Gasteiger partial charge in [-0.2, -0.15) is 0 Å². The Morgan fingerprint density at radius 2 is 1.97 bits per heavy atom. The van der Waals surface area contributed by atoms with E-state index in [9.17, 15) is 9.59 Å². The molecule has 0 aromatic heterocycles. The molecule has 2 amide bonds. The van der Waals surface area contributed by atoms with Crippen LogP contribution in [0.1, 0.15) is 24.8 Å². The van der Waals surface area contributed by atoms with Crippen LogP contribution in [0.5, 0.6) is 0 Å². The van der Waals surface area contributed by atoms with Crippen molar-refractivity contribution < 1.29 is 14.3 Å². The van der Waals surface area contributed by atoms with E-state index >= 15 is 0 Å². The number of anilines is 1. The molecule has 2 aromatic rings. The van der Waals surface area contributed by atoms with Gasteiger partial charge in [0.05, 0.1) is 18.3 Å². The third-order valence-electron chi connectivity index (χ3n) is 5.19. The Bertz CT molecular complexity index is 942. The van der Waals surface area contributed by atoms with Crippen molar-refractivity contribution in [3.63, 3.8) is 0 Å². The molecule has 2 aromatic carbocycles. The molecule has 2 unspecified atom stereocenters. The first kappa shape index (κ1) is 20.6. The van der Waals surface area contributed by atoms with Crippen molar-refractivity contribution in [2.45, 2.75) is 37.5 Å². The van der Waals surface area contributed by atoms with Crippen LogP contribution in [0, 0.1) is 6.92 Å². The van der Waals surface area contributed by atoms with E-state index in [4.69, 9.17) is 9.73 Å². The number of carbonyl (C=O) groups excluding carboxylic acids is 2. The van der Waals surface area contributed by atoms with Gasteiger partial charge in [-0.3, -0.25) is 14.5 Å². The molecule has 2 fully saturated rings. The molecular weight excluding hydrogens is 398 g/mol. The number of amides is 2. The molecule has 2 aliphatic rings. The number of rotatable bonds is 6. The number of ether oxygens (including phenoxy) is 1. The van der Waals surface area contributed by atoms with Gasteiger partial charge in [-0.05, 0) is 43.5 Å². The summed E-state index contributed by atoms with van der Waals surface area (Å²) in [4.78, 5) is 32.2. The second-order valence-corrected chi connectivity index (χ2v) is 8.66. The van der Waals surface area contributed by atoms with Crippen molar-refractivity contribution in [1.82, 2.24) is 4.90 Å². The molecule has 156 valence electrons. The summed E-state index contributed by atoms with van der Waals surface area (Å²) in [6.45, 7) is 3.20. The summed E-state index contributed by atoms with van der Waals surface area (Å²) >= 11 is 1.36. The summed E-state index contributed by atoms with van der Waals surface area (Å²) in [6, 6.07) is 17.1. The van der Waals surface area contributed by atoms with Crippen LogP contribution < -0.4 is 5.32 Å². The van der Waals surface area contributed by atoms with E-state index in [1.54, 1.807) is 4.90 Å². The van der Waals surface area contributed by atoms with Gasteiger partial charge in [-0.25, -0.2) is 4.99 Å². The van der Waals surface area contributed by atoms with Gasteiger partial charge in [0, 0.05) is 18.7 Å². The predicted octanol–water partition coefficient (Wildman–Crippen LogP) is 4.13. The van der Waals surface area contributed by atoms with Gasteiger partial charge >= 0.3 is 0 Å². The first-order valence-electron chi connectivity index (χ1n) is 10.2. The van der Waals surface area contributed by atoms with E-state index < -0.39 is 5.25 Å². The van der Waals surface area contributed by atoms with Crippen LogP contribution in [0.4, 0.5) is 11.4 Å². The van der Waals surface area contributed by atoms with Crippen LogP contribution >= 0.6 is 11.8 Å². The lowest BCUT2D eigenvalue weighted by Crippen LogP contribution is -2.38. The quantitative estimate of drug-likeness (QED) is 0.758. The van der Waals surface area contributed by atoms with Crippen molar-refractivity contribution in [2.24, 2.45) is 4.99 Å². The van der Waals surface area contributed by atoms with Crippen LogP contribution in [-0.4, -0.2) is 46.4 Å². The van der Waals surface area contributed by atoms with Crippen LogP contribution in [-0.2, 0) is 14.3 Å². The number of nitrogens with zero attached hydrogens (tertiary/aromatic N) is 2.